The Morgan fingerprint density at radius 3 is 2.42 bits per heavy atom. The van der Waals surface area contributed by atoms with Crippen LogP contribution in [0.25, 0.3) is 0 Å². The molecule has 2 heteroatoms. The number of nitrogens with zero attached hydrogens (tertiary/aromatic N) is 1. The predicted molar refractivity (Wildman–Crippen MR) is 84.4 cm³/mol. The molecule has 0 N–H and O–H groups in total. The SMILES string of the molecule is CCCCC[C@H]1CC[Si@H](c2ccc(C#N)cc2)CC1. The van der Waals surface area contributed by atoms with Crippen LogP contribution in [-0.4, -0.2) is 8.80 Å². The minimum absolute atomic E-state index is 0.705. The topological polar surface area (TPSA) is 23.8 Å². The molecule has 1 aliphatic rings. The first kappa shape index (κ1) is 14.3. The van der Waals surface area contributed by atoms with Gasteiger partial charge in [-0.05, 0) is 18.1 Å². The molecule has 0 aliphatic carbocycles. The van der Waals surface area contributed by atoms with Gasteiger partial charge in [-0.2, -0.15) is 5.26 Å². The van der Waals surface area contributed by atoms with Gasteiger partial charge in [0, 0.05) is 0 Å². The molecule has 1 aromatic rings. The number of nitriles is 1. The smallest absolute Gasteiger partial charge is 0.0991 e. The molecular formula is C17H25NSi. The lowest BCUT2D eigenvalue weighted by Gasteiger charge is -2.27. The van der Waals surface area contributed by atoms with Crippen molar-refractivity contribution in [3.63, 3.8) is 0 Å². The van der Waals surface area contributed by atoms with Crippen molar-refractivity contribution >= 4 is 14.0 Å². The van der Waals surface area contributed by atoms with E-state index in [1.54, 1.807) is 5.19 Å². The molecule has 0 bridgehead atoms. The average molecular weight is 271 g/mol. The van der Waals surface area contributed by atoms with E-state index in [0.29, 0.717) is 0 Å². The number of hydrogen-bond acceptors (Lipinski definition) is 1. The van der Waals surface area contributed by atoms with E-state index < -0.39 is 8.80 Å². The van der Waals surface area contributed by atoms with E-state index in [1.165, 1.54) is 50.6 Å². The molecule has 0 amide bonds. The minimum Gasteiger partial charge on any atom is -0.192 e. The molecule has 0 radical (unpaired) electrons. The second-order valence-electron chi connectivity index (χ2n) is 5.95. The molecule has 102 valence electrons. The molecule has 1 fully saturated rings. The zero-order chi connectivity index (χ0) is 13.5. The number of benzene rings is 1. The summed E-state index contributed by atoms with van der Waals surface area (Å²) in [6.07, 6.45) is 8.57. The Balaban J connectivity index is 1.80. The van der Waals surface area contributed by atoms with Crippen molar-refractivity contribution < 1.29 is 0 Å². The van der Waals surface area contributed by atoms with E-state index in [4.69, 9.17) is 5.26 Å². The lowest BCUT2D eigenvalue weighted by Crippen LogP contribution is -2.33. The molecule has 0 spiro atoms. The molecule has 19 heavy (non-hydrogen) atoms. The first-order chi connectivity index (χ1) is 9.33. The molecule has 1 nitrogen and oxygen atoms in total. The minimum atomic E-state index is -0.705. The third kappa shape index (κ3) is 4.21. The average Bonchev–Trinajstić information content (AvgIpc) is 2.48. The molecule has 0 atom stereocenters. The maximum absolute atomic E-state index is 8.84. The number of hydrogen-bond donors (Lipinski definition) is 0. The van der Waals surface area contributed by atoms with Crippen LogP contribution in [0.1, 0.15) is 51.0 Å². The largest absolute Gasteiger partial charge is 0.192 e. The Morgan fingerprint density at radius 1 is 1.16 bits per heavy atom. The lowest BCUT2D eigenvalue weighted by molar-refractivity contribution is 0.418. The highest BCUT2D eigenvalue weighted by Crippen LogP contribution is 2.29. The fraction of sp³-hybridized carbons (Fsp3) is 0.588. The Bertz CT molecular complexity index is 410. The Labute approximate surface area is 119 Å². The monoisotopic (exact) mass is 271 g/mol. The molecule has 1 aliphatic heterocycles. The Kier molecular flexibility index (Phi) is 5.66. The fourth-order valence-corrected chi connectivity index (χ4v) is 6.74. The van der Waals surface area contributed by atoms with Crippen LogP contribution < -0.4 is 5.19 Å². The summed E-state index contributed by atoms with van der Waals surface area (Å²) in [6, 6.07) is 13.6. The Hall–Kier alpha value is -1.07. The summed E-state index contributed by atoms with van der Waals surface area (Å²) in [6.45, 7) is 2.29. The highest BCUT2D eigenvalue weighted by Gasteiger charge is 2.23. The van der Waals surface area contributed by atoms with E-state index in [9.17, 15) is 0 Å². The van der Waals surface area contributed by atoms with Crippen molar-refractivity contribution in [2.24, 2.45) is 5.92 Å². The number of unbranched alkanes of at least 4 members (excludes halogenated alkanes) is 2. The lowest BCUT2D eigenvalue weighted by atomic mass is 9.96. The number of rotatable bonds is 5. The summed E-state index contributed by atoms with van der Waals surface area (Å²) >= 11 is 0. The predicted octanol–water partition coefficient (Wildman–Crippen LogP) is 3.98. The quantitative estimate of drug-likeness (QED) is 0.587. The van der Waals surface area contributed by atoms with Gasteiger partial charge in [-0.25, -0.2) is 0 Å². The van der Waals surface area contributed by atoms with Gasteiger partial charge in [-0.15, -0.1) is 0 Å². The summed E-state index contributed by atoms with van der Waals surface area (Å²) in [7, 11) is -0.705. The third-order valence-corrected chi connectivity index (χ3v) is 7.96. The molecule has 1 saturated heterocycles. The van der Waals surface area contributed by atoms with Crippen LogP contribution >= 0.6 is 0 Å². The first-order valence-electron chi connectivity index (χ1n) is 7.83. The summed E-state index contributed by atoms with van der Waals surface area (Å²) < 4.78 is 0. The van der Waals surface area contributed by atoms with Gasteiger partial charge in [0.2, 0.25) is 0 Å². The molecule has 1 heterocycles. The van der Waals surface area contributed by atoms with Crippen molar-refractivity contribution in [1.29, 1.82) is 5.26 Å². The molecule has 0 saturated carbocycles. The van der Waals surface area contributed by atoms with Crippen molar-refractivity contribution in [2.75, 3.05) is 0 Å². The van der Waals surface area contributed by atoms with Crippen molar-refractivity contribution in [3.8, 4) is 6.07 Å². The van der Waals surface area contributed by atoms with Crippen LogP contribution in [-0.2, 0) is 0 Å². The van der Waals surface area contributed by atoms with Crippen LogP contribution in [0.5, 0.6) is 0 Å². The van der Waals surface area contributed by atoms with Crippen LogP contribution in [0.2, 0.25) is 12.1 Å². The second-order valence-corrected chi connectivity index (χ2v) is 9.16. The molecule has 0 unspecified atom stereocenters. The van der Waals surface area contributed by atoms with Crippen LogP contribution in [0, 0.1) is 17.2 Å². The summed E-state index contributed by atoms with van der Waals surface area (Å²) in [5, 5.41) is 10.4. The van der Waals surface area contributed by atoms with Crippen LogP contribution in [0.3, 0.4) is 0 Å². The Morgan fingerprint density at radius 2 is 1.84 bits per heavy atom. The van der Waals surface area contributed by atoms with Gasteiger partial charge in [0.1, 0.15) is 0 Å². The maximum Gasteiger partial charge on any atom is 0.0991 e. The van der Waals surface area contributed by atoms with Crippen molar-refractivity contribution in [1.82, 2.24) is 0 Å². The van der Waals surface area contributed by atoms with E-state index in [-0.39, 0.29) is 0 Å². The van der Waals surface area contributed by atoms with Crippen LogP contribution in [0.4, 0.5) is 0 Å². The zero-order valence-electron chi connectivity index (χ0n) is 12.1. The van der Waals surface area contributed by atoms with Gasteiger partial charge in [-0.1, -0.05) is 74.9 Å². The van der Waals surface area contributed by atoms with Crippen LogP contribution in [0.15, 0.2) is 24.3 Å². The maximum atomic E-state index is 8.84. The highest BCUT2D eigenvalue weighted by molar-refractivity contribution is 6.73. The van der Waals surface area contributed by atoms with E-state index in [2.05, 4.69) is 25.1 Å². The molecule has 1 aromatic carbocycles. The van der Waals surface area contributed by atoms with Gasteiger partial charge in [0.25, 0.3) is 0 Å². The summed E-state index contributed by atoms with van der Waals surface area (Å²) in [4.78, 5) is 0. The van der Waals surface area contributed by atoms with Gasteiger partial charge in [-0.3, -0.25) is 0 Å². The molecule has 2 rings (SSSR count). The molecule has 0 aromatic heterocycles. The standard InChI is InChI=1S/C17H25NSi/c1-2-3-4-5-15-10-12-19(13-11-15)17-8-6-16(14-18)7-9-17/h6-9,15,19H,2-5,10-13H2,1H3/t15-,19-. The zero-order valence-corrected chi connectivity index (χ0v) is 13.2. The second kappa shape index (κ2) is 7.50. The van der Waals surface area contributed by atoms with Crippen molar-refractivity contribution in [2.45, 2.75) is 57.5 Å². The highest BCUT2D eigenvalue weighted by atomic mass is 28.3. The van der Waals surface area contributed by atoms with Gasteiger partial charge in [0.15, 0.2) is 0 Å². The van der Waals surface area contributed by atoms with E-state index >= 15 is 0 Å². The first-order valence-corrected chi connectivity index (χ1v) is 10.0. The van der Waals surface area contributed by atoms with Crippen molar-refractivity contribution in [3.05, 3.63) is 29.8 Å². The summed E-state index contributed by atoms with van der Waals surface area (Å²) in [5.41, 5.74) is 0.797. The fourth-order valence-electron chi connectivity index (χ4n) is 3.30. The normalized spacial score (nSPS) is 22.9. The third-order valence-electron chi connectivity index (χ3n) is 4.57. The van der Waals surface area contributed by atoms with E-state index in [0.717, 1.165) is 11.5 Å². The van der Waals surface area contributed by atoms with Gasteiger partial charge >= 0.3 is 0 Å². The molecular weight excluding hydrogens is 246 g/mol. The van der Waals surface area contributed by atoms with Gasteiger partial charge < -0.3 is 0 Å². The summed E-state index contributed by atoms with van der Waals surface area (Å²) in [5.74, 6) is 1.01. The van der Waals surface area contributed by atoms with E-state index in [1.807, 2.05) is 12.1 Å². The van der Waals surface area contributed by atoms with Gasteiger partial charge in [0.05, 0.1) is 20.4 Å².